The Morgan fingerprint density at radius 1 is 0.684 bits per heavy atom. The summed E-state index contributed by atoms with van der Waals surface area (Å²) in [5, 5.41) is 0. The molecule has 0 heterocycles. The van der Waals surface area contributed by atoms with Crippen LogP contribution >= 0.6 is 0 Å². The van der Waals surface area contributed by atoms with Gasteiger partial charge in [0.05, 0.1) is 6.26 Å². The zero-order valence-electron chi connectivity index (χ0n) is 13.9. The molecule has 0 aromatic rings. The summed E-state index contributed by atoms with van der Waals surface area (Å²) in [6.45, 7) is 11.4. The number of hydrogen-bond acceptors (Lipinski definition) is 0. The first-order chi connectivity index (χ1) is 8.15. The van der Waals surface area contributed by atoms with E-state index in [0.29, 0.717) is 0 Å². The summed E-state index contributed by atoms with van der Waals surface area (Å²) in [6, 6.07) is 0. The van der Waals surface area contributed by atoms with Gasteiger partial charge in [-0.25, -0.2) is 0 Å². The maximum absolute atomic E-state index is 2.41. The second-order valence-corrected chi connectivity index (χ2v) is 9.71. The van der Waals surface area contributed by atoms with Gasteiger partial charge in [0.2, 0.25) is 0 Å². The van der Waals surface area contributed by atoms with E-state index in [4.69, 9.17) is 0 Å². The molecular formula is C15H36BrIS2. The third-order valence-corrected chi connectivity index (χ3v) is 7.34. The summed E-state index contributed by atoms with van der Waals surface area (Å²) >= 11 is 0. The van der Waals surface area contributed by atoms with E-state index in [1.165, 1.54) is 54.4 Å². The molecule has 0 radical (unpaired) electrons. The van der Waals surface area contributed by atoms with Crippen molar-refractivity contribution in [3.05, 3.63) is 0 Å². The number of rotatable bonds is 9. The fourth-order valence-corrected chi connectivity index (χ4v) is 4.49. The third-order valence-electron chi connectivity index (χ3n) is 2.92. The maximum atomic E-state index is 2.41. The molecule has 0 atom stereocenters. The van der Waals surface area contributed by atoms with Crippen LogP contribution in [0, 0.1) is 0 Å². The van der Waals surface area contributed by atoms with Crippen LogP contribution in [0.1, 0.15) is 60.3 Å². The fraction of sp³-hybridized carbons (Fsp3) is 1.00. The molecule has 122 valence electrons. The van der Waals surface area contributed by atoms with Gasteiger partial charge in [0.15, 0.2) is 0 Å². The summed E-state index contributed by atoms with van der Waals surface area (Å²) in [5.41, 5.74) is 0. The molecule has 0 N–H and O–H groups in total. The molecule has 0 unspecified atom stereocenters. The van der Waals surface area contributed by atoms with E-state index in [-0.39, 0.29) is 41.0 Å². The highest BCUT2D eigenvalue weighted by molar-refractivity contribution is 7.96. The molecule has 0 aliphatic carbocycles. The highest BCUT2D eigenvalue weighted by atomic mass is 127. The van der Waals surface area contributed by atoms with Crippen LogP contribution in [0.2, 0.25) is 0 Å². The molecule has 0 saturated heterocycles. The van der Waals surface area contributed by atoms with Gasteiger partial charge in [-0.05, 0) is 55.4 Å². The topological polar surface area (TPSA) is 0 Å². The second kappa shape index (κ2) is 24.9. The molecule has 0 aliphatic heterocycles. The molecule has 0 aromatic carbocycles. The first-order valence-corrected chi connectivity index (χ1v) is 11.1. The Bertz CT molecular complexity index is 120. The van der Waals surface area contributed by atoms with Crippen molar-refractivity contribution >= 4 is 21.8 Å². The van der Waals surface area contributed by atoms with Crippen LogP contribution < -0.4 is 41.0 Å². The van der Waals surface area contributed by atoms with Crippen LogP contribution in [0.25, 0.3) is 0 Å². The molecule has 4 heteroatoms. The van der Waals surface area contributed by atoms with Gasteiger partial charge in [-0.1, -0.05) is 26.7 Å². The molecular weight excluding hydrogens is 451 g/mol. The lowest BCUT2D eigenvalue weighted by Gasteiger charge is -2.00. The standard InChI is InChI=1S/C9H21S.C6H15S.BrH.HI/c1-4-6-8-10(3)9-7-5-2;1-4-7(5-2)6-3;;/h4-9H2,1-3H3;4-6H2,1-3H3;2*1H/q2*+1;;/p-2. The quantitative estimate of drug-likeness (QED) is 0.275. The summed E-state index contributed by atoms with van der Waals surface area (Å²) in [5.74, 6) is 7.08. The molecule has 0 aliphatic rings. The van der Waals surface area contributed by atoms with E-state index in [1.807, 2.05) is 0 Å². The van der Waals surface area contributed by atoms with Gasteiger partial charge >= 0.3 is 0 Å². The van der Waals surface area contributed by atoms with Crippen molar-refractivity contribution < 1.29 is 41.0 Å². The minimum Gasteiger partial charge on any atom is -1.00 e. The average molecular weight is 487 g/mol. The summed E-state index contributed by atoms with van der Waals surface area (Å²) in [7, 11) is 1.48. The normalized spacial score (nSPS) is 9.47. The van der Waals surface area contributed by atoms with Crippen molar-refractivity contribution in [2.24, 2.45) is 0 Å². The highest BCUT2D eigenvalue weighted by Gasteiger charge is 2.07. The maximum Gasteiger partial charge on any atom is 0.107 e. The van der Waals surface area contributed by atoms with Crippen molar-refractivity contribution in [1.29, 1.82) is 0 Å². The molecule has 0 rings (SSSR count). The molecule has 0 amide bonds. The largest absolute Gasteiger partial charge is 1.00 e. The summed E-state index contributed by atoms with van der Waals surface area (Å²) < 4.78 is 0. The predicted molar refractivity (Wildman–Crippen MR) is 91.8 cm³/mol. The van der Waals surface area contributed by atoms with Gasteiger partial charge in [-0.3, -0.25) is 0 Å². The van der Waals surface area contributed by atoms with Crippen LogP contribution in [0.4, 0.5) is 0 Å². The van der Waals surface area contributed by atoms with Crippen LogP contribution in [0.3, 0.4) is 0 Å². The fourth-order valence-electron chi connectivity index (χ4n) is 1.50. The number of halogens is 2. The highest BCUT2D eigenvalue weighted by Crippen LogP contribution is 2.01. The molecule has 19 heavy (non-hydrogen) atoms. The molecule has 0 saturated carbocycles. The Morgan fingerprint density at radius 3 is 1.16 bits per heavy atom. The SMILES string of the molecule is CCCC[S+](C)CCCC.CC[S+](CC)CC.[Br-].[I-]. The van der Waals surface area contributed by atoms with E-state index in [2.05, 4.69) is 40.9 Å². The van der Waals surface area contributed by atoms with E-state index in [1.54, 1.807) is 0 Å². The second-order valence-electron chi connectivity index (χ2n) is 4.38. The van der Waals surface area contributed by atoms with E-state index in [0.717, 1.165) is 21.8 Å². The number of hydrogen-bond donors (Lipinski definition) is 0. The smallest absolute Gasteiger partial charge is 0.107 e. The van der Waals surface area contributed by atoms with Gasteiger partial charge in [0.25, 0.3) is 0 Å². The third kappa shape index (κ3) is 25.2. The predicted octanol–water partition coefficient (Wildman–Crippen LogP) is -1.49. The molecule has 0 nitrogen and oxygen atoms in total. The van der Waals surface area contributed by atoms with Crippen molar-refractivity contribution in [2.45, 2.75) is 60.3 Å². The summed E-state index contributed by atoms with van der Waals surface area (Å²) in [6.07, 6.45) is 8.00. The zero-order valence-corrected chi connectivity index (χ0v) is 19.3. The van der Waals surface area contributed by atoms with Gasteiger partial charge in [-0.15, -0.1) is 0 Å². The Hall–Kier alpha value is 1.91. The van der Waals surface area contributed by atoms with E-state index in [9.17, 15) is 0 Å². The van der Waals surface area contributed by atoms with Crippen LogP contribution in [0.15, 0.2) is 0 Å². The molecule has 0 aromatic heterocycles. The van der Waals surface area contributed by atoms with Crippen molar-refractivity contribution in [2.75, 3.05) is 35.0 Å². The van der Waals surface area contributed by atoms with Crippen LogP contribution in [-0.2, 0) is 21.8 Å². The Balaban J connectivity index is -0.000000112. The monoisotopic (exact) mass is 486 g/mol. The van der Waals surface area contributed by atoms with Crippen LogP contribution in [-0.4, -0.2) is 35.0 Å². The average Bonchev–Trinajstić information content (AvgIpc) is 2.36. The first-order valence-electron chi connectivity index (χ1n) is 7.39. The molecule has 0 bridgehead atoms. The summed E-state index contributed by atoms with van der Waals surface area (Å²) in [4.78, 5) is 0. The molecule has 0 fully saturated rings. The van der Waals surface area contributed by atoms with Crippen molar-refractivity contribution in [1.82, 2.24) is 0 Å². The van der Waals surface area contributed by atoms with E-state index < -0.39 is 0 Å². The van der Waals surface area contributed by atoms with Gasteiger partial charge in [0.1, 0.15) is 28.8 Å². The Labute approximate surface area is 157 Å². The lowest BCUT2D eigenvalue weighted by atomic mass is 10.4. The van der Waals surface area contributed by atoms with Gasteiger partial charge in [-0.2, -0.15) is 0 Å². The van der Waals surface area contributed by atoms with Crippen LogP contribution in [0.5, 0.6) is 0 Å². The minimum absolute atomic E-state index is 0. The zero-order chi connectivity index (χ0) is 13.5. The van der Waals surface area contributed by atoms with Gasteiger partial charge in [0, 0.05) is 0 Å². The molecule has 0 spiro atoms. The lowest BCUT2D eigenvalue weighted by molar-refractivity contribution is -0.00100. The van der Waals surface area contributed by atoms with E-state index >= 15 is 0 Å². The van der Waals surface area contributed by atoms with Crippen molar-refractivity contribution in [3.63, 3.8) is 0 Å². The number of unbranched alkanes of at least 4 members (excludes halogenated alkanes) is 2. The van der Waals surface area contributed by atoms with Crippen molar-refractivity contribution in [3.8, 4) is 0 Å². The lowest BCUT2D eigenvalue weighted by Crippen LogP contribution is -3.00. The first kappa shape index (κ1) is 29.0. The minimum atomic E-state index is 0. The van der Waals surface area contributed by atoms with Gasteiger partial charge < -0.3 is 41.0 Å². The Morgan fingerprint density at radius 2 is 1.00 bits per heavy atom. The Kier molecular flexibility index (Phi) is 38.0.